The first kappa shape index (κ1) is 12.2. The van der Waals surface area contributed by atoms with E-state index in [0.29, 0.717) is 5.56 Å². The molecule has 0 aliphatic heterocycles. The lowest BCUT2D eigenvalue weighted by Crippen LogP contribution is -2.12. The van der Waals surface area contributed by atoms with Crippen molar-refractivity contribution in [3.05, 3.63) is 66.2 Å². The lowest BCUT2D eigenvalue weighted by atomic mass is 10.2. The van der Waals surface area contributed by atoms with Crippen LogP contribution in [0.4, 0.5) is 10.1 Å². The highest BCUT2D eigenvalue weighted by molar-refractivity contribution is 6.05. The highest BCUT2D eigenvalue weighted by Gasteiger charge is 2.11. The minimum Gasteiger partial charge on any atom is -0.508 e. The third-order valence-corrected chi connectivity index (χ3v) is 2.97. The molecule has 0 aliphatic rings. The van der Waals surface area contributed by atoms with Gasteiger partial charge in [0.25, 0.3) is 5.91 Å². The van der Waals surface area contributed by atoms with Crippen molar-refractivity contribution in [3.63, 3.8) is 0 Å². The maximum absolute atomic E-state index is 13.6. The normalized spacial score (nSPS) is 10.7. The van der Waals surface area contributed by atoms with Crippen molar-refractivity contribution in [2.24, 2.45) is 0 Å². The summed E-state index contributed by atoms with van der Waals surface area (Å²) >= 11 is 0. The van der Waals surface area contributed by atoms with Crippen LogP contribution in [-0.4, -0.2) is 15.4 Å². The van der Waals surface area contributed by atoms with Gasteiger partial charge in [0.05, 0.1) is 11.3 Å². The fraction of sp³-hybridized carbons (Fsp3) is 0. The number of carbonyl (C=O) groups is 1. The minimum absolute atomic E-state index is 0.0306. The molecule has 0 fully saturated rings. The molecule has 0 spiro atoms. The lowest BCUT2D eigenvalue weighted by Gasteiger charge is -2.05. The maximum atomic E-state index is 13.6. The number of benzene rings is 1. The average Bonchev–Trinajstić information content (AvgIpc) is 2.86. The Morgan fingerprint density at radius 1 is 1.20 bits per heavy atom. The maximum Gasteiger partial charge on any atom is 0.257 e. The van der Waals surface area contributed by atoms with Crippen LogP contribution < -0.4 is 5.32 Å². The van der Waals surface area contributed by atoms with Gasteiger partial charge >= 0.3 is 0 Å². The number of fused-ring (bicyclic) bond motifs is 1. The molecule has 0 saturated carbocycles. The topological polar surface area (TPSA) is 53.7 Å². The van der Waals surface area contributed by atoms with E-state index in [1.165, 1.54) is 12.1 Å². The van der Waals surface area contributed by atoms with E-state index in [0.717, 1.165) is 11.6 Å². The van der Waals surface area contributed by atoms with Gasteiger partial charge in [-0.15, -0.1) is 0 Å². The van der Waals surface area contributed by atoms with Gasteiger partial charge in [0.2, 0.25) is 0 Å². The summed E-state index contributed by atoms with van der Waals surface area (Å²) in [4.78, 5) is 12.1. The van der Waals surface area contributed by atoms with Crippen molar-refractivity contribution in [2.45, 2.75) is 0 Å². The van der Waals surface area contributed by atoms with Crippen molar-refractivity contribution >= 4 is 17.1 Å². The second kappa shape index (κ2) is 4.70. The predicted octanol–water partition coefficient (Wildman–Crippen LogP) is 3.04. The molecule has 5 heteroatoms. The Labute approximate surface area is 114 Å². The highest BCUT2D eigenvalue weighted by atomic mass is 19.1. The van der Waals surface area contributed by atoms with E-state index in [2.05, 4.69) is 5.32 Å². The highest BCUT2D eigenvalue weighted by Crippen LogP contribution is 2.20. The number of amides is 1. The molecule has 0 radical (unpaired) electrons. The number of aromatic nitrogens is 1. The standard InChI is InChI=1S/C15H11FN2O2/c16-13-8-12(19)4-5-14(13)17-15(20)10-7-11-3-1-2-6-18(11)9-10/h1-9,19H,(H,17,20). The van der Waals surface area contributed by atoms with E-state index in [-0.39, 0.29) is 11.4 Å². The van der Waals surface area contributed by atoms with Crippen LogP contribution >= 0.6 is 0 Å². The number of phenols is 1. The number of carbonyl (C=O) groups excluding carboxylic acids is 1. The Balaban J connectivity index is 1.89. The minimum atomic E-state index is -0.679. The number of nitrogens with zero attached hydrogens (tertiary/aromatic N) is 1. The van der Waals surface area contributed by atoms with Crippen LogP contribution in [0.2, 0.25) is 0 Å². The van der Waals surface area contributed by atoms with E-state index in [4.69, 9.17) is 5.11 Å². The Bertz CT molecular complexity index is 762. The first-order valence-electron chi connectivity index (χ1n) is 6.00. The molecule has 1 aromatic carbocycles. The van der Waals surface area contributed by atoms with Crippen molar-refractivity contribution in [1.82, 2.24) is 4.40 Å². The zero-order valence-electron chi connectivity index (χ0n) is 10.4. The Morgan fingerprint density at radius 2 is 2.05 bits per heavy atom. The summed E-state index contributed by atoms with van der Waals surface area (Å²) in [6.07, 6.45) is 3.50. The third-order valence-electron chi connectivity index (χ3n) is 2.97. The summed E-state index contributed by atoms with van der Waals surface area (Å²) < 4.78 is 15.4. The van der Waals surface area contributed by atoms with Crippen LogP contribution in [0.25, 0.3) is 5.52 Å². The number of anilines is 1. The fourth-order valence-electron chi connectivity index (χ4n) is 1.98. The van der Waals surface area contributed by atoms with Gasteiger partial charge in [0.15, 0.2) is 0 Å². The Kier molecular flexibility index (Phi) is 2.87. The van der Waals surface area contributed by atoms with Gasteiger partial charge in [-0.2, -0.15) is 0 Å². The number of phenolic OH excluding ortho intramolecular Hbond substituents is 1. The number of hydrogen-bond acceptors (Lipinski definition) is 2. The van der Waals surface area contributed by atoms with E-state index < -0.39 is 11.7 Å². The van der Waals surface area contributed by atoms with Gasteiger partial charge in [-0.1, -0.05) is 6.07 Å². The van der Waals surface area contributed by atoms with Gasteiger partial charge in [0, 0.05) is 24.0 Å². The number of aromatic hydroxyl groups is 1. The van der Waals surface area contributed by atoms with Crippen LogP contribution in [0.15, 0.2) is 54.9 Å². The largest absolute Gasteiger partial charge is 0.508 e. The quantitative estimate of drug-likeness (QED) is 0.703. The summed E-state index contributed by atoms with van der Waals surface area (Å²) in [5, 5.41) is 11.6. The molecule has 0 saturated heterocycles. The molecule has 1 amide bonds. The predicted molar refractivity (Wildman–Crippen MR) is 73.4 cm³/mol. The number of nitrogens with one attached hydrogen (secondary N) is 1. The molecule has 3 aromatic rings. The van der Waals surface area contributed by atoms with Crippen molar-refractivity contribution in [2.75, 3.05) is 5.32 Å². The first-order valence-corrected chi connectivity index (χ1v) is 6.00. The van der Waals surface area contributed by atoms with Gasteiger partial charge in [-0.25, -0.2) is 4.39 Å². The number of hydrogen-bond donors (Lipinski definition) is 2. The monoisotopic (exact) mass is 270 g/mol. The second-order valence-corrected chi connectivity index (χ2v) is 4.38. The lowest BCUT2D eigenvalue weighted by molar-refractivity contribution is 0.102. The van der Waals surface area contributed by atoms with E-state index in [1.54, 1.807) is 12.3 Å². The zero-order valence-corrected chi connectivity index (χ0v) is 10.4. The molecular weight excluding hydrogens is 259 g/mol. The zero-order chi connectivity index (χ0) is 14.1. The summed E-state index contributed by atoms with van der Waals surface area (Å²) in [5.74, 6) is -1.27. The van der Waals surface area contributed by atoms with Crippen molar-refractivity contribution in [1.29, 1.82) is 0 Å². The molecule has 100 valence electrons. The second-order valence-electron chi connectivity index (χ2n) is 4.38. The van der Waals surface area contributed by atoms with Crippen LogP contribution in [0, 0.1) is 5.82 Å². The Hall–Kier alpha value is -2.82. The molecule has 0 unspecified atom stereocenters. The summed E-state index contributed by atoms with van der Waals surface area (Å²) in [7, 11) is 0. The first-order chi connectivity index (χ1) is 9.63. The SMILES string of the molecule is O=C(Nc1ccc(O)cc1F)c1cc2ccccn2c1. The van der Waals surface area contributed by atoms with Gasteiger partial charge in [-0.05, 0) is 30.3 Å². The summed E-state index contributed by atoms with van der Waals surface area (Å²) in [6, 6.07) is 10.9. The molecule has 2 N–H and O–H groups in total. The molecule has 2 aromatic heterocycles. The van der Waals surface area contributed by atoms with Gasteiger partial charge in [-0.3, -0.25) is 4.79 Å². The summed E-state index contributed by atoms with van der Waals surface area (Å²) in [6.45, 7) is 0. The van der Waals surface area contributed by atoms with Gasteiger partial charge in [0.1, 0.15) is 11.6 Å². The van der Waals surface area contributed by atoms with E-state index in [9.17, 15) is 9.18 Å². The van der Waals surface area contributed by atoms with Gasteiger partial charge < -0.3 is 14.8 Å². The fourth-order valence-corrected chi connectivity index (χ4v) is 1.98. The van der Waals surface area contributed by atoms with Crippen molar-refractivity contribution < 1.29 is 14.3 Å². The number of halogens is 1. The van der Waals surface area contributed by atoms with Crippen LogP contribution in [-0.2, 0) is 0 Å². The smallest absolute Gasteiger partial charge is 0.257 e. The molecule has 0 bridgehead atoms. The average molecular weight is 270 g/mol. The molecular formula is C15H11FN2O2. The number of rotatable bonds is 2. The van der Waals surface area contributed by atoms with Crippen LogP contribution in [0.3, 0.4) is 0 Å². The van der Waals surface area contributed by atoms with Crippen LogP contribution in [0.1, 0.15) is 10.4 Å². The molecule has 0 aliphatic carbocycles. The van der Waals surface area contributed by atoms with E-state index in [1.807, 2.05) is 28.8 Å². The molecule has 3 rings (SSSR count). The molecule has 0 atom stereocenters. The van der Waals surface area contributed by atoms with Crippen molar-refractivity contribution in [3.8, 4) is 5.75 Å². The molecule has 2 heterocycles. The van der Waals surface area contributed by atoms with Crippen LogP contribution in [0.5, 0.6) is 5.75 Å². The Morgan fingerprint density at radius 3 is 2.80 bits per heavy atom. The summed E-state index contributed by atoms with van der Waals surface area (Å²) in [5.41, 5.74) is 1.34. The molecule has 20 heavy (non-hydrogen) atoms. The third kappa shape index (κ3) is 2.21. The number of pyridine rings is 1. The molecule has 4 nitrogen and oxygen atoms in total. The van der Waals surface area contributed by atoms with E-state index >= 15 is 0 Å².